The summed E-state index contributed by atoms with van der Waals surface area (Å²) in [6.07, 6.45) is 0. The molecule has 1 aromatic heterocycles. The first kappa shape index (κ1) is 12.7. The van der Waals surface area contributed by atoms with Crippen LogP contribution in [0.2, 0.25) is 5.02 Å². The fourth-order valence-electron chi connectivity index (χ4n) is 2.30. The largest absolute Gasteiger partial charge is 0.304 e. The molecule has 3 aromatic rings. The third-order valence-electron chi connectivity index (χ3n) is 3.32. The molecule has 0 spiro atoms. The molecule has 0 bridgehead atoms. The van der Waals surface area contributed by atoms with E-state index in [0.29, 0.717) is 5.02 Å². The van der Waals surface area contributed by atoms with Crippen LogP contribution in [0.5, 0.6) is 0 Å². The summed E-state index contributed by atoms with van der Waals surface area (Å²) in [5.41, 5.74) is 5.50. The SMILES string of the molecule is Clc1ccccc1-c1nnc2n1NC(c1ccccc1)S2. The van der Waals surface area contributed by atoms with E-state index in [0.717, 1.165) is 16.5 Å². The summed E-state index contributed by atoms with van der Waals surface area (Å²) in [7, 11) is 0. The highest BCUT2D eigenvalue weighted by Crippen LogP contribution is 2.40. The minimum Gasteiger partial charge on any atom is -0.304 e. The fraction of sp³-hybridized carbons (Fsp3) is 0.0667. The lowest BCUT2D eigenvalue weighted by Crippen LogP contribution is -2.13. The van der Waals surface area contributed by atoms with Gasteiger partial charge in [-0.05, 0) is 17.7 Å². The summed E-state index contributed by atoms with van der Waals surface area (Å²) in [5.74, 6) is 0.738. The Bertz CT molecular complexity index is 787. The number of nitrogens with zero attached hydrogens (tertiary/aromatic N) is 3. The van der Waals surface area contributed by atoms with E-state index in [-0.39, 0.29) is 5.37 Å². The summed E-state index contributed by atoms with van der Waals surface area (Å²) in [4.78, 5) is 0. The van der Waals surface area contributed by atoms with Crippen molar-refractivity contribution in [2.45, 2.75) is 10.5 Å². The van der Waals surface area contributed by atoms with E-state index in [9.17, 15) is 0 Å². The highest BCUT2D eigenvalue weighted by Gasteiger charge is 2.28. The second-order valence-electron chi connectivity index (χ2n) is 4.66. The molecule has 0 amide bonds. The van der Waals surface area contributed by atoms with Crippen LogP contribution in [0.3, 0.4) is 0 Å². The maximum Gasteiger partial charge on any atom is 0.212 e. The van der Waals surface area contributed by atoms with Crippen LogP contribution < -0.4 is 5.43 Å². The zero-order valence-electron chi connectivity index (χ0n) is 10.9. The Labute approximate surface area is 131 Å². The third-order valence-corrected chi connectivity index (χ3v) is 4.74. The predicted molar refractivity (Wildman–Crippen MR) is 84.9 cm³/mol. The number of hydrogen-bond acceptors (Lipinski definition) is 4. The molecule has 1 atom stereocenters. The van der Waals surface area contributed by atoms with Gasteiger partial charge in [-0.15, -0.1) is 10.2 Å². The molecule has 104 valence electrons. The van der Waals surface area contributed by atoms with Crippen LogP contribution in [0.1, 0.15) is 10.9 Å². The molecule has 1 aliphatic heterocycles. The first-order chi connectivity index (χ1) is 10.3. The zero-order valence-corrected chi connectivity index (χ0v) is 12.5. The summed E-state index contributed by atoms with van der Waals surface area (Å²) in [5, 5.41) is 10.1. The average molecular weight is 315 g/mol. The van der Waals surface area contributed by atoms with Crippen molar-refractivity contribution in [3.8, 4) is 11.4 Å². The minimum atomic E-state index is 0.137. The summed E-state index contributed by atoms with van der Waals surface area (Å²) >= 11 is 7.90. The summed E-state index contributed by atoms with van der Waals surface area (Å²) in [6.45, 7) is 0. The van der Waals surface area contributed by atoms with Crippen LogP contribution in [0.25, 0.3) is 11.4 Å². The van der Waals surface area contributed by atoms with E-state index in [1.54, 1.807) is 11.8 Å². The Morgan fingerprint density at radius 3 is 2.57 bits per heavy atom. The third kappa shape index (κ3) is 2.18. The standard InChI is InChI=1S/C15H11ClN4S/c16-12-9-5-4-8-11(12)13-17-18-15-20(13)19-14(21-15)10-6-2-1-3-7-10/h1-9,14,19H. The number of benzene rings is 2. The maximum absolute atomic E-state index is 6.26. The van der Waals surface area contributed by atoms with Gasteiger partial charge in [0.05, 0.1) is 5.02 Å². The fourth-order valence-corrected chi connectivity index (χ4v) is 3.51. The lowest BCUT2D eigenvalue weighted by atomic mass is 10.2. The van der Waals surface area contributed by atoms with Gasteiger partial charge in [-0.25, -0.2) is 4.68 Å². The molecule has 6 heteroatoms. The molecule has 0 aliphatic carbocycles. The van der Waals surface area contributed by atoms with Crippen molar-refractivity contribution in [3.05, 3.63) is 65.2 Å². The van der Waals surface area contributed by atoms with Crippen molar-refractivity contribution in [2.24, 2.45) is 0 Å². The van der Waals surface area contributed by atoms with Crippen LogP contribution in [0.4, 0.5) is 0 Å². The lowest BCUT2D eigenvalue weighted by Gasteiger charge is -2.12. The average Bonchev–Trinajstić information content (AvgIpc) is 3.09. The zero-order chi connectivity index (χ0) is 14.2. The molecule has 1 unspecified atom stereocenters. The van der Waals surface area contributed by atoms with Crippen molar-refractivity contribution >= 4 is 23.4 Å². The van der Waals surface area contributed by atoms with Gasteiger partial charge in [0.25, 0.3) is 0 Å². The predicted octanol–water partition coefficient (Wildman–Crippen LogP) is 3.95. The Kier molecular flexibility index (Phi) is 3.09. The second kappa shape index (κ2) is 5.09. The van der Waals surface area contributed by atoms with Gasteiger partial charge in [0.1, 0.15) is 5.37 Å². The molecule has 1 aliphatic rings. The van der Waals surface area contributed by atoms with E-state index in [4.69, 9.17) is 11.6 Å². The van der Waals surface area contributed by atoms with E-state index in [2.05, 4.69) is 27.8 Å². The lowest BCUT2D eigenvalue weighted by molar-refractivity contribution is 0.792. The van der Waals surface area contributed by atoms with Gasteiger partial charge in [-0.3, -0.25) is 0 Å². The molecular weight excluding hydrogens is 304 g/mol. The van der Waals surface area contributed by atoms with Crippen LogP contribution in [-0.4, -0.2) is 14.9 Å². The van der Waals surface area contributed by atoms with Crippen molar-refractivity contribution in [1.29, 1.82) is 0 Å². The summed E-state index contributed by atoms with van der Waals surface area (Å²) < 4.78 is 1.91. The topological polar surface area (TPSA) is 42.7 Å². The van der Waals surface area contributed by atoms with Gasteiger partial charge in [-0.1, -0.05) is 65.8 Å². The molecule has 4 rings (SSSR count). The Balaban J connectivity index is 1.71. The summed E-state index contributed by atoms with van der Waals surface area (Å²) in [6, 6.07) is 17.9. The van der Waals surface area contributed by atoms with Gasteiger partial charge in [0.2, 0.25) is 5.16 Å². The minimum absolute atomic E-state index is 0.137. The van der Waals surface area contributed by atoms with Crippen LogP contribution >= 0.6 is 23.4 Å². The molecule has 4 nitrogen and oxygen atoms in total. The highest BCUT2D eigenvalue weighted by molar-refractivity contribution is 7.99. The van der Waals surface area contributed by atoms with Gasteiger partial charge >= 0.3 is 0 Å². The normalized spacial score (nSPS) is 16.5. The molecule has 0 radical (unpaired) electrons. The molecule has 0 saturated heterocycles. The highest BCUT2D eigenvalue weighted by atomic mass is 35.5. The molecular formula is C15H11ClN4S. The second-order valence-corrected chi connectivity index (χ2v) is 6.14. The number of thioether (sulfide) groups is 1. The number of aromatic nitrogens is 3. The van der Waals surface area contributed by atoms with Gasteiger partial charge in [0.15, 0.2) is 5.82 Å². The van der Waals surface area contributed by atoms with Crippen LogP contribution in [-0.2, 0) is 0 Å². The smallest absolute Gasteiger partial charge is 0.212 e. The monoisotopic (exact) mass is 314 g/mol. The van der Waals surface area contributed by atoms with Gasteiger partial charge in [0, 0.05) is 5.56 Å². The number of nitrogens with one attached hydrogen (secondary N) is 1. The van der Waals surface area contributed by atoms with Crippen molar-refractivity contribution in [1.82, 2.24) is 14.9 Å². The quantitative estimate of drug-likeness (QED) is 0.778. The molecule has 0 saturated carbocycles. The Morgan fingerprint density at radius 2 is 1.76 bits per heavy atom. The number of fused-ring (bicyclic) bond motifs is 1. The van der Waals surface area contributed by atoms with E-state index >= 15 is 0 Å². The number of rotatable bonds is 2. The van der Waals surface area contributed by atoms with Gasteiger partial charge < -0.3 is 5.43 Å². The maximum atomic E-state index is 6.26. The van der Waals surface area contributed by atoms with E-state index < -0.39 is 0 Å². The van der Waals surface area contributed by atoms with Crippen molar-refractivity contribution in [2.75, 3.05) is 5.43 Å². The first-order valence-electron chi connectivity index (χ1n) is 6.51. The first-order valence-corrected chi connectivity index (χ1v) is 7.77. The molecule has 21 heavy (non-hydrogen) atoms. The Morgan fingerprint density at radius 1 is 1.00 bits per heavy atom. The van der Waals surface area contributed by atoms with Crippen molar-refractivity contribution in [3.63, 3.8) is 0 Å². The van der Waals surface area contributed by atoms with E-state index in [1.807, 2.05) is 47.1 Å². The van der Waals surface area contributed by atoms with E-state index in [1.165, 1.54) is 5.56 Å². The number of halogens is 1. The molecule has 0 fully saturated rings. The molecule has 2 heterocycles. The van der Waals surface area contributed by atoms with Crippen LogP contribution in [0, 0.1) is 0 Å². The van der Waals surface area contributed by atoms with Crippen molar-refractivity contribution < 1.29 is 0 Å². The number of hydrogen-bond donors (Lipinski definition) is 1. The van der Waals surface area contributed by atoms with Crippen LogP contribution in [0.15, 0.2) is 59.8 Å². The molecule has 1 N–H and O–H groups in total. The van der Waals surface area contributed by atoms with Gasteiger partial charge in [-0.2, -0.15) is 0 Å². The molecule has 2 aromatic carbocycles. The Hall–Kier alpha value is -1.98.